The van der Waals surface area contributed by atoms with E-state index >= 15 is 0 Å². The second-order valence-electron chi connectivity index (χ2n) is 4.98. The number of para-hydroxylation sites is 1. The van der Waals surface area contributed by atoms with Gasteiger partial charge in [0.25, 0.3) is 5.91 Å². The Balaban J connectivity index is 0.00000161. The van der Waals surface area contributed by atoms with Gasteiger partial charge in [0.2, 0.25) is 0 Å². The zero-order valence-electron chi connectivity index (χ0n) is 11.6. The standard InChI is InChI=1S/C14H17N5O.ClH/c15-11-6-8-18(9-7-11)14(20)13-10-16-19(17-13)12-4-2-1-3-5-12;/h1-5,10-11H,6-9,15H2;1H. The van der Waals surface area contributed by atoms with Gasteiger partial charge in [0.15, 0.2) is 5.69 Å². The SMILES string of the molecule is Cl.NC1CCN(C(=O)c2cnn(-c3ccccc3)n2)CC1. The highest BCUT2D eigenvalue weighted by Crippen LogP contribution is 2.12. The molecule has 2 heterocycles. The number of carbonyl (C=O) groups is 1. The van der Waals surface area contributed by atoms with Crippen molar-refractivity contribution in [3.05, 3.63) is 42.2 Å². The number of hydrogen-bond acceptors (Lipinski definition) is 4. The third-order valence-corrected chi connectivity index (χ3v) is 3.52. The van der Waals surface area contributed by atoms with Gasteiger partial charge in [-0.1, -0.05) is 18.2 Å². The summed E-state index contributed by atoms with van der Waals surface area (Å²) < 4.78 is 0. The number of aromatic nitrogens is 3. The van der Waals surface area contributed by atoms with E-state index in [2.05, 4.69) is 10.2 Å². The zero-order chi connectivity index (χ0) is 13.9. The first-order valence-electron chi connectivity index (χ1n) is 6.76. The Labute approximate surface area is 129 Å². The Hall–Kier alpha value is -1.92. The maximum absolute atomic E-state index is 12.3. The van der Waals surface area contributed by atoms with Crippen LogP contribution in [0.15, 0.2) is 36.5 Å². The topological polar surface area (TPSA) is 77.0 Å². The average Bonchev–Trinajstić information content (AvgIpc) is 2.98. The van der Waals surface area contributed by atoms with Crippen molar-refractivity contribution < 1.29 is 4.79 Å². The summed E-state index contributed by atoms with van der Waals surface area (Å²) in [6.07, 6.45) is 3.21. The lowest BCUT2D eigenvalue weighted by atomic mass is 10.1. The van der Waals surface area contributed by atoms with Crippen molar-refractivity contribution in [2.24, 2.45) is 5.73 Å². The van der Waals surface area contributed by atoms with Crippen LogP contribution in [0.25, 0.3) is 5.69 Å². The molecular formula is C14H18ClN5O. The summed E-state index contributed by atoms with van der Waals surface area (Å²) in [7, 11) is 0. The molecule has 3 rings (SSSR count). The fraction of sp³-hybridized carbons (Fsp3) is 0.357. The molecule has 1 aliphatic rings. The highest BCUT2D eigenvalue weighted by Gasteiger charge is 2.23. The minimum absolute atomic E-state index is 0. The molecular weight excluding hydrogens is 290 g/mol. The van der Waals surface area contributed by atoms with E-state index in [-0.39, 0.29) is 24.4 Å². The highest BCUT2D eigenvalue weighted by atomic mass is 35.5. The molecule has 1 saturated heterocycles. The van der Waals surface area contributed by atoms with Crippen LogP contribution in [-0.2, 0) is 0 Å². The first kappa shape index (κ1) is 15.5. The van der Waals surface area contributed by atoms with Crippen LogP contribution in [-0.4, -0.2) is 44.9 Å². The first-order valence-corrected chi connectivity index (χ1v) is 6.76. The molecule has 0 radical (unpaired) electrons. The molecule has 0 bridgehead atoms. The molecule has 0 aliphatic carbocycles. The summed E-state index contributed by atoms with van der Waals surface area (Å²) in [5.41, 5.74) is 7.06. The maximum Gasteiger partial charge on any atom is 0.276 e. The van der Waals surface area contributed by atoms with Crippen LogP contribution < -0.4 is 5.73 Å². The normalized spacial score (nSPS) is 15.6. The lowest BCUT2D eigenvalue weighted by Crippen LogP contribution is -2.43. The second kappa shape index (κ2) is 6.69. The number of benzene rings is 1. The number of hydrogen-bond donors (Lipinski definition) is 1. The van der Waals surface area contributed by atoms with Crippen molar-refractivity contribution in [1.82, 2.24) is 19.9 Å². The molecule has 7 heteroatoms. The minimum Gasteiger partial charge on any atom is -0.337 e. The van der Waals surface area contributed by atoms with Gasteiger partial charge in [-0.25, -0.2) is 0 Å². The molecule has 0 saturated carbocycles. The molecule has 1 aromatic heterocycles. The van der Waals surface area contributed by atoms with E-state index in [0.717, 1.165) is 18.5 Å². The van der Waals surface area contributed by atoms with Crippen LogP contribution in [0.5, 0.6) is 0 Å². The van der Waals surface area contributed by atoms with Gasteiger partial charge >= 0.3 is 0 Å². The monoisotopic (exact) mass is 307 g/mol. The van der Waals surface area contributed by atoms with Gasteiger partial charge in [-0.05, 0) is 25.0 Å². The zero-order valence-corrected chi connectivity index (χ0v) is 12.4. The molecule has 2 aromatic rings. The van der Waals surface area contributed by atoms with E-state index in [1.807, 2.05) is 30.3 Å². The van der Waals surface area contributed by atoms with E-state index in [1.54, 1.807) is 4.90 Å². The number of piperidine rings is 1. The average molecular weight is 308 g/mol. The van der Waals surface area contributed by atoms with Gasteiger partial charge in [-0.15, -0.1) is 17.5 Å². The Bertz CT molecular complexity index is 592. The molecule has 1 aromatic carbocycles. The molecule has 0 atom stereocenters. The predicted molar refractivity (Wildman–Crippen MR) is 81.7 cm³/mol. The number of amides is 1. The van der Waals surface area contributed by atoms with E-state index in [0.29, 0.717) is 18.8 Å². The third-order valence-electron chi connectivity index (χ3n) is 3.52. The smallest absolute Gasteiger partial charge is 0.276 e. The van der Waals surface area contributed by atoms with Crippen LogP contribution >= 0.6 is 12.4 Å². The number of nitrogens with two attached hydrogens (primary N) is 1. The number of rotatable bonds is 2. The van der Waals surface area contributed by atoms with Crippen LogP contribution in [0.2, 0.25) is 0 Å². The van der Waals surface area contributed by atoms with Gasteiger partial charge in [-0.2, -0.15) is 9.90 Å². The van der Waals surface area contributed by atoms with Gasteiger partial charge in [-0.3, -0.25) is 4.79 Å². The summed E-state index contributed by atoms with van der Waals surface area (Å²) in [6.45, 7) is 1.39. The Morgan fingerprint density at radius 1 is 1.19 bits per heavy atom. The molecule has 6 nitrogen and oxygen atoms in total. The van der Waals surface area contributed by atoms with Crippen LogP contribution in [0.4, 0.5) is 0 Å². The van der Waals surface area contributed by atoms with Gasteiger partial charge in [0.1, 0.15) is 0 Å². The van der Waals surface area contributed by atoms with E-state index in [1.165, 1.54) is 11.0 Å². The van der Waals surface area contributed by atoms with E-state index in [4.69, 9.17) is 5.73 Å². The Morgan fingerprint density at radius 3 is 2.52 bits per heavy atom. The number of nitrogens with zero attached hydrogens (tertiary/aromatic N) is 4. The maximum atomic E-state index is 12.3. The van der Waals surface area contributed by atoms with E-state index < -0.39 is 0 Å². The van der Waals surface area contributed by atoms with Crippen LogP contribution in [0, 0.1) is 0 Å². The molecule has 21 heavy (non-hydrogen) atoms. The number of likely N-dealkylation sites (tertiary alicyclic amines) is 1. The quantitative estimate of drug-likeness (QED) is 0.906. The summed E-state index contributed by atoms with van der Waals surface area (Å²) in [5.74, 6) is -0.0703. The van der Waals surface area contributed by atoms with Crippen molar-refractivity contribution in [3.63, 3.8) is 0 Å². The van der Waals surface area contributed by atoms with Gasteiger partial charge in [0.05, 0.1) is 11.9 Å². The largest absolute Gasteiger partial charge is 0.337 e. The predicted octanol–water partition coefficient (Wildman–Crippen LogP) is 1.25. The van der Waals surface area contributed by atoms with Crippen LogP contribution in [0.3, 0.4) is 0 Å². The molecule has 1 fully saturated rings. The van der Waals surface area contributed by atoms with Crippen molar-refractivity contribution in [3.8, 4) is 5.69 Å². The lowest BCUT2D eigenvalue weighted by molar-refractivity contribution is 0.0708. The fourth-order valence-corrected chi connectivity index (χ4v) is 2.31. The summed E-state index contributed by atoms with van der Waals surface area (Å²) >= 11 is 0. The van der Waals surface area contributed by atoms with Crippen LogP contribution in [0.1, 0.15) is 23.3 Å². The molecule has 0 unspecified atom stereocenters. The van der Waals surface area contributed by atoms with Crippen molar-refractivity contribution in [1.29, 1.82) is 0 Å². The number of halogens is 1. The van der Waals surface area contributed by atoms with Crippen molar-refractivity contribution in [2.75, 3.05) is 13.1 Å². The molecule has 112 valence electrons. The minimum atomic E-state index is -0.0703. The third kappa shape index (κ3) is 3.40. The van der Waals surface area contributed by atoms with Gasteiger partial charge < -0.3 is 10.6 Å². The second-order valence-corrected chi connectivity index (χ2v) is 4.98. The lowest BCUT2D eigenvalue weighted by Gasteiger charge is -2.29. The van der Waals surface area contributed by atoms with Crippen molar-refractivity contribution in [2.45, 2.75) is 18.9 Å². The summed E-state index contributed by atoms with van der Waals surface area (Å²) in [6, 6.07) is 9.75. The van der Waals surface area contributed by atoms with E-state index in [9.17, 15) is 4.79 Å². The summed E-state index contributed by atoms with van der Waals surface area (Å²) in [4.78, 5) is 15.6. The molecule has 1 amide bonds. The van der Waals surface area contributed by atoms with Gasteiger partial charge in [0, 0.05) is 19.1 Å². The molecule has 1 aliphatic heterocycles. The Kier molecular flexibility index (Phi) is 4.93. The van der Waals surface area contributed by atoms with Crippen molar-refractivity contribution >= 4 is 18.3 Å². The number of carbonyl (C=O) groups excluding carboxylic acids is 1. The first-order chi connectivity index (χ1) is 9.74. The highest BCUT2D eigenvalue weighted by molar-refractivity contribution is 5.92. The molecule has 0 spiro atoms. The Morgan fingerprint density at radius 2 is 1.86 bits per heavy atom. The summed E-state index contributed by atoms with van der Waals surface area (Å²) in [5, 5.41) is 8.41. The fourth-order valence-electron chi connectivity index (χ4n) is 2.31. The molecule has 2 N–H and O–H groups in total.